The number of ether oxygens (including phenoxy) is 1. The maximum Gasteiger partial charge on any atom is 0.0576 e. The first-order valence-electron chi connectivity index (χ1n) is 8.39. The maximum absolute atomic E-state index is 5.90. The van der Waals surface area contributed by atoms with Crippen LogP contribution in [0.5, 0.6) is 0 Å². The van der Waals surface area contributed by atoms with E-state index < -0.39 is 0 Å². The molecule has 3 heteroatoms. The average molecular weight is 290 g/mol. The van der Waals surface area contributed by atoms with E-state index in [1.54, 1.807) is 0 Å². The van der Waals surface area contributed by atoms with Gasteiger partial charge >= 0.3 is 0 Å². The van der Waals surface area contributed by atoms with Gasteiger partial charge in [0.05, 0.1) is 6.10 Å². The second kappa shape index (κ2) is 8.52. The molecule has 1 aliphatic rings. The highest BCUT2D eigenvalue weighted by molar-refractivity contribution is 5.22. The van der Waals surface area contributed by atoms with E-state index in [-0.39, 0.29) is 0 Å². The maximum atomic E-state index is 5.90. The van der Waals surface area contributed by atoms with Crippen LogP contribution in [-0.4, -0.2) is 18.8 Å². The zero-order chi connectivity index (χ0) is 15.1. The summed E-state index contributed by atoms with van der Waals surface area (Å²) in [6, 6.07) is 11.1. The molecule has 4 unspecified atom stereocenters. The van der Waals surface area contributed by atoms with Crippen LogP contribution in [0.4, 0.5) is 0 Å². The third kappa shape index (κ3) is 4.53. The van der Waals surface area contributed by atoms with Crippen LogP contribution in [-0.2, 0) is 4.74 Å². The van der Waals surface area contributed by atoms with E-state index in [4.69, 9.17) is 10.6 Å². The highest BCUT2D eigenvalue weighted by Gasteiger charge is 2.28. The predicted octanol–water partition coefficient (Wildman–Crippen LogP) is 3.61. The lowest BCUT2D eigenvalue weighted by molar-refractivity contribution is 0.0975. The summed E-state index contributed by atoms with van der Waals surface area (Å²) < 4.78 is 5.75. The Hall–Kier alpha value is -0.900. The number of rotatable bonds is 8. The molecule has 1 aromatic rings. The lowest BCUT2D eigenvalue weighted by Gasteiger charge is -2.32. The van der Waals surface area contributed by atoms with E-state index in [1.165, 1.54) is 18.4 Å². The fourth-order valence-corrected chi connectivity index (χ4v) is 3.49. The Morgan fingerprint density at radius 1 is 1.33 bits per heavy atom. The van der Waals surface area contributed by atoms with Crippen LogP contribution < -0.4 is 11.3 Å². The van der Waals surface area contributed by atoms with Crippen LogP contribution in [0.25, 0.3) is 0 Å². The molecule has 0 bridgehead atoms. The highest BCUT2D eigenvalue weighted by Crippen LogP contribution is 2.32. The first kappa shape index (κ1) is 16.5. The van der Waals surface area contributed by atoms with Gasteiger partial charge in [0.2, 0.25) is 0 Å². The second-order valence-corrected chi connectivity index (χ2v) is 6.31. The summed E-state index contributed by atoms with van der Waals surface area (Å²) in [4.78, 5) is 0. The van der Waals surface area contributed by atoms with Gasteiger partial charge in [-0.25, -0.2) is 0 Å². The van der Waals surface area contributed by atoms with Crippen molar-refractivity contribution in [1.29, 1.82) is 0 Å². The van der Waals surface area contributed by atoms with E-state index in [0.29, 0.717) is 24.0 Å². The van der Waals surface area contributed by atoms with Crippen LogP contribution >= 0.6 is 0 Å². The van der Waals surface area contributed by atoms with E-state index in [2.05, 4.69) is 49.6 Å². The number of hydrazine groups is 1. The molecule has 1 aliphatic heterocycles. The molecule has 1 aromatic carbocycles. The number of nitrogens with two attached hydrogens (primary N) is 1. The molecule has 3 N–H and O–H groups in total. The van der Waals surface area contributed by atoms with Crippen molar-refractivity contribution in [2.24, 2.45) is 11.8 Å². The van der Waals surface area contributed by atoms with Gasteiger partial charge in [0, 0.05) is 18.6 Å². The van der Waals surface area contributed by atoms with Crippen LogP contribution in [0.3, 0.4) is 0 Å². The Morgan fingerprint density at radius 3 is 2.67 bits per heavy atom. The van der Waals surface area contributed by atoms with Crippen molar-refractivity contribution >= 4 is 0 Å². The zero-order valence-electron chi connectivity index (χ0n) is 13.4. The van der Waals surface area contributed by atoms with Crippen LogP contribution in [0.1, 0.15) is 57.4 Å². The van der Waals surface area contributed by atoms with Crippen molar-refractivity contribution in [1.82, 2.24) is 5.43 Å². The molecule has 1 fully saturated rings. The number of hydrogen-bond acceptors (Lipinski definition) is 3. The van der Waals surface area contributed by atoms with E-state index in [1.807, 2.05) is 0 Å². The van der Waals surface area contributed by atoms with Gasteiger partial charge in [-0.2, -0.15) is 0 Å². The molecule has 0 radical (unpaired) electrons. The summed E-state index contributed by atoms with van der Waals surface area (Å²) in [6.07, 6.45) is 6.20. The summed E-state index contributed by atoms with van der Waals surface area (Å²) >= 11 is 0. The van der Waals surface area contributed by atoms with Crippen molar-refractivity contribution in [3.8, 4) is 0 Å². The zero-order valence-corrected chi connectivity index (χ0v) is 13.4. The highest BCUT2D eigenvalue weighted by atomic mass is 16.5. The Kier molecular flexibility index (Phi) is 6.68. The topological polar surface area (TPSA) is 47.3 Å². The number of nitrogens with one attached hydrogen (secondary N) is 1. The van der Waals surface area contributed by atoms with Gasteiger partial charge in [0.1, 0.15) is 0 Å². The molecule has 2 rings (SSSR count). The van der Waals surface area contributed by atoms with Gasteiger partial charge in [0.15, 0.2) is 0 Å². The van der Waals surface area contributed by atoms with E-state index in [0.717, 1.165) is 25.9 Å². The van der Waals surface area contributed by atoms with Crippen LogP contribution in [0, 0.1) is 5.92 Å². The van der Waals surface area contributed by atoms with E-state index >= 15 is 0 Å². The summed E-state index contributed by atoms with van der Waals surface area (Å²) in [5, 5.41) is 0. The van der Waals surface area contributed by atoms with Crippen LogP contribution in [0.2, 0.25) is 0 Å². The minimum Gasteiger partial charge on any atom is -0.378 e. The Balaban J connectivity index is 2.05. The van der Waals surface area contributed by atoms with Gasteiger partial charge in [-0.1, -0.05) is 50.6 Å². The lowest BCUT2D eigenvalue weighted by atomic mass is 9.78. The molecule has 0 saturated carbocycles. The normalized spacial score (nSPS) is 22.9. The SMILES string of the molecule is CCC(C)C(c1ccccc1)C(CCC1CCCO1)NN. The lowest BCUT2D eigenvalue weighted by Crippen LogP contribution is -2.42. The molecule has 0 spiro atoms. The van der Waals surface area contributed by atoms with E-state index in [9.17, 15) is 0 Å². The minimum absolute atomic E-state index is 0.312. The van der Waals surface area contributed by atoms with Crippen molar-refractivity contribution in [2.75, 3.05) is 6.61 Å². The van der Waals surface area contributed by atoms with Gasteiger partial charge < -0.3 is 4.74 Å². The molecule has 0 aromatic heterocycles. The van der Waals surface area contributed by atoms with Gasteiger partial charge in [-0.05, 0) is 37.2 Å². The monoisotopic (exact) mass is 290 g/mol. The molecular weight excluding hydrogens is 260 g/mol. The van der Waals surface area contributed by atoms with Crippen LogP contribution in [0.15, 0.2) is 30.3 Å². The van der Waals surface area contributed by atoms with Crippen molar-refractivity contribution in [3.63, 3.8) is 0 Å². The molecule has 0 amide bonds. The van der Waals surface area contributed by atoms with Gasteiger partial charge in [-0.15, -0.1) is 0 Å². The fraction of sp³-hybridized carbons (Fsp3) is 0.667. The fourth-order valence-electron chi connectivity index (χ4n) is 3.49. The summed E-state index contributed by atoms with van der Waals surface area (Å²) in [7, 11) is 0. The first-order valence-corrected chi connectivity index (χ1v) is 8.39. The molecule has 1 saturated heterocycles. The number of benzene rings is 1. The molecule has 0 aliphatic carbocycles. The third-order valence-electron chi connectivity index (χ3n) is 4.91. The Bertz CT molecular complexity index is 389. The van der Waals surface area contributed by atoms with Gasteiger partial charge in [-0.3, -0.25) is 11.3 Å². The average Bonchev–Trinajstić information content (AvgIpc) is 3.05. The number of hydrogen-bond donors (Lipinski definition) is 2. The first-order chi connectivity index (χ1) is 10.3. The van der Waals surface area contributed by atoms with Gasteiger partial charge in [0.25, 0.3) is 0 Å². The predicted molar refractivity (Wildman–Crippen MR) is 88.0 cm³/mol. The Labute approximate surface area is 129 Å². The Morgan fingerprint density at radius 2 is 2.10 bits per heavy atom. The standard InChI is InChI=1S/C18H30N2O/c1-3-14(2)18(15-8-5-4-6-9-15)17(20-19)12-11-16-10-7-13-21-16/h4-6,8-9,14,16-18,20H,3,7,10-13,19H2,1-2H3. The smallest absolute Gasteiger partial charge is 0.0576 e. The molecule has 1 heterocycles. The minimum atomic E-state index is 0.312. The summed E-state index contributed by atoms with van der Waals surface area (Å²) in [6.45, 7) is 5.52. The quantitative estimate of drug-likeness (QED) is 0.568. The summed E-state index contributed by atoms with van der Waals surface area (Å²) in [5.41, 5.74) is 4.48. The molecule has 21 heavy (non-hydrogen) atoms. The second-order valence-electron chi connectivity index (χ2n) is 6.31. The molecule has 4 atom stereocenters. The molecular formula is C18H30N2O. The summed E-state index contributed by atoms with van der Waals surface area (Å²) in [5.74, 6) is 6.97. The van der Waals surface area contributed by atoms with Crippen molar-refractivity contribution in [3.05, 3.63) is 35.9 Å². The van der Waals surface area contributed by atoms with Crippen molar-refractivity contribution in [2.45, 2.75) is 64.0 Å². The largest absolute Gasteiger partial charge is 0.378 e. The van der Waals surface area contributed by atoms with Crippen molar-refractivity contribution < 1.29 is 4.74 Å². The third-order valence-corrected chi connectivity index (χ3v) is 4.91. The molecule has 118 valence electrons. The molecule has 3 nitrogen and oxygen atoms in total.